The van der Waals surface area contributed by atoms with Crippen molar-refractivity contribution in [3.63, 3.8) is 0 Å². The van der Waals surface area contributed by atoms with Crippen LogP contribution in [0.4, 0.5) is 0 Å². The van der Waals surface area contributed by atoms with Gasteiger partial charge < -0.3 is 15.9 Å². The fourth-order valence-corrected chi connectivity index (χ4v) is 1.39. The first-order valence-electron chi connectivity index (χ1n) is 4.64. The van der Waals surface area contributed by atoms with Gasteiger partial charge in [-0.3, -0.25) is 0 Å². The summed E-state index contributed by atoms with van der Waals surface area (Å²) < 4.78 is 0. The van der Waals surface area contributed by atoms with Crippen molar-refractivity contribution < 1.29 is 10.2 Å². The fraction of sp³-hybridized carbons (Fsp3) is 1.00. The summed E-state index contributed by atoms with van der Waals surface area (Å²) in [5.41, 5.74) is 5.40. The summed E-state index contributed by atoms with van der Waals surface area (Å²) in [5, 5.41) is 18.3. The van der Waals surface area contributed by atoms with E-state index in [0.29, 0.717) is 0 Å². The molecule has 12 heavy (non-hydrogen) atoms. The van der Waals surface area contributed by atoms with Crippen molar-refractivity contribution in [2.45, 2.75) is 39.2 Å². The molecule has 0 saturated carbocycles. The lowest BCUT2D eigenvalue weighted by Crippen LogP contribution is -2.46. The lowest BCUT2D eigenvalue weighted by Gasteiger charge is -2.34. The average molecular weight is 175 g/mol. The van der Waals surface area contributed by atoms with Crippen molar-refractivity contribution in [1.82, 2.24) is 0 Å². The van der Waals surface area contributed by atoms with E-state index < -0.39 is 5.41 Å². The van der Waals surface area contributed by atoms with Crippen LogP contribution >= 0.6 is 0 Å². The summed E-state index contributed by atoms with van der Waals surface area (Å²) in [7, 11) is 0. The Morgan fingerprint density at radius 2 is 1.75 bits per heavy atom. The molecule has 0 spiro atoms. The molecule has 1 unspecified atom stereocenters. The second-order valence-electron chi connectivity index (χ2n) is 3.43. The number of hydrogen-bond donors (Lipinski definition) is 3. The second-order valence-corrected chi connectivity index (χ2v) is 3.43. The van der Waals surface area contributed by atoms with Gasteiger partial charge in [-0.1, -0.05) is 20.3 Å². The summed E-state index contributed by atoms with van der Waals surface area (Å²) in [6, 6.07) is -0.0949. The van der Waals surface area contributed by atoms with Crippen molar-refractivity contribution in [3.05, 3.63) is 0 Å². The number of rotatable bonds is 6. The van der Waals surface area contributed by atoms with Gasteiger partial charge >= 0.3 is 0 Å². The van der Waals surface area contributed by atoms with Crippen molar-refractivity contribution in [3.8, 4) is 0 Å². The maximum Gasteiger partial charge on any atom is 0.0524 e. The zero-order chi connectivity index (χ0) is 9.61. The molecule has 0 amide bonds. The van der Waals surface area contributed by atoms with Gasteiger partial charge in [-0.25, -0.2) is 0 Å². The highest BCUT2D eigenvalue weighted by Crippen LogP contribution is 2.26. The predicted molar refractivity (Wildman–Crippen MR) is 49.8 cm³/mol. The molecule has 0 aromatic carbocycles. The van der Waals surface area contributed by atoms with Gasteiger partial charge in [0.15, 0.2) is 0 Å². The predicted octanol–water partition coefficient (Wildman–Crippen LogP) is 0.495. The molecule has 0 saturated heterocycles. The van der Waals surface area contributed by atoms with Gasteiger partial charge in [-0.2, -0.15) is 0 Å². The quantitative estimate of drug-likeness (QED) is 0.550. The van der Waals surface area contributed by atoms with E-state index in [1.54, 1.807) is 0 Å². The van der Waals surface area contributed by atoms with Gasteiger partial charge in [0.25, 0.3) is 0 Å². The molecule has 0 aromatic rings. The molecule has 4 N–H and O–H groups in total. The number of aliphatic hydroxyl groups excluding tert-OH is 2. The number of aliphatic hydroxyl groups is 2. The molecular formula is C9H21NO2. The molecule has 0 radical (unpaired) electrons. The highest BCUT2D eigenvalue weighted by molar-refractivity contribution is 4.86. The third kappa shape index (κ3) is 2.44. The van der Waals surface area contributed by atoms with E-state index in [0.717, 1.165) is 19.3 Å². The number of hydrogen-bond acceptors (Lipinski definition) is 3. The van der Waals surface area contributed by atoms with E-state index in [-0.39, 0.29) is 19.3 Å². The molecule has 0 bridgehead atoms. The van der Waals surface area contributed by atoms with E-state index in [4.69, 9.17) is 15.9 Å². The molecule has 0 heterocycles. The first-order chi connectivity index (χ1) is 5.66. The maximum absolute atomic E-state index is 9.13. The highest BCUT2D eigenvalue weighted by Gasteiger charge is 2.33. The summed E-state index contributed by atoms with van der Waals surface area (Å²) in [6.07, 6.45) is 2.57. The van der Waals surface area contributed by atoms with Crippen molar-refractivity contribution in [2.24, 2.45) is 11.1 Å². The van der Waals surface area contributed by atoms with E-state index in [1.165, 1.54) is 0 Å². The lowest BCUT2D eigenvalue weighted by molar-refractivity contribution is 0.0267. The van der Waals surface area contributed by atoms with Gasteiger partial charge in [0.05, 0.1) is 13.2 Å². The molecular weight excluding hydrogens is 154 g/mol. The van der Waals surface area contributed by atoms with Gasteiger partial charge in [0.2, 0.25) is 0 Å². The molecule has 74 valence electrons. The standard InChI is InChI=1S/C9H21NO2/c1-3-5-8(10)9(4-2,6-11)7-12/h8,11-12H,3-7,10H2,1-2H3. The fourth-order valence-electron chi connectivity index (χ4n) is 1.39. The SMILES string of the molecule is CCCC(N)C(CC)(CO)CO. The van der Waals surface area contributed by atoms with E-state index in [2.05, 4.69) is 6.92 Å². The van der Waals surface area contributed by atoms with Crippen LogP contribution in [0.1, 0.15) is 33.1 Å². The largest absolute Gasteiger partial charge is 0.396 e. The van der Waals surface area contributed by atoms with Gasteiger partial charge in [0.1, 0.15) is 0 Å². The van der Waals surface area contributed by atoms with Crippen LogP contribution in [0.25, 0.3) is 0 Å². The van der Waals surface area contributed by atoms with E-state index in [1.807, 2.05) is 6.92 Å². The Kier molecular flexibility index (Phi) is 5.46. The molecule has 0 fully saturated rings. The molecule has 0 aromatic heterocycles. The van der Waals surface area contributed by atoms with E-state index in [9.17, 15) is 0 Å². The first kappa shape index (κ1) is 11.9. The van der Waals surface area contributed by atoms with Crippen molar-refractivity contribution in [1.29, 1.82) is 0 Å². The van der Waals surface area contributed by atoms with Crippen molar-refractivity contribution >= 4 is 0 Å². The summed E-state index contributed by atoms with van der Waals surface area (Å²) in [6.45, 7) is 3.94. The normalized spacial score (nSPS) is 14.8. The Morgan fingerprint density at radius 1 is 1.25 bits per heavy atom. The van der Waals surface area contributed by atoms with Crippen molar-refractivity contribution in [2.75, 3.05) is 13.2 Å². The average Bonchev–Trinajstić information content (AvgIpc) is 2.09. The topological polar surface area (TPSA) is 66.5 Å². The van der Waals surface area contributed by atoms with Crippen LogP contribution in [0, 0.1) is 5.41 Å². The zero-order valence-electron chi connectivity index (χ0n) is 8.08. The minimum absolute atomic E-state index is 0.0266. The molecule has 3 heteroatoms. The minimum atomic E-state index is -0.476. The van der Waals surface area contributed by atoms with Crippen LogP contribution in [-0.2, 0) is 0 Å². The van der Waals surface area contributed by atoms with Crippen LogP contribution in [0.3, 0.4) is 0 Å². The molecule has 3 nitrogen and oxygen atoms in total. The Balaban J connectivity index is 4.24. The lowest BCUT2D eigenvalue weighted by atomic mass is 9.78. The summed E-state index contributed by atoms with van der Waals surface area (Å²) in [4.78, 5) is 0. The zero-order valence-corrected chi connectivity index (χ0v) is 8.08. The number of nitrogens with two attached hydrogens (primary N) is 1. The van der Waals surface area contributed by atoms with Gasteiger partial charge in [0, 0.05) is 11.5 Å². The third-order valence-electron chi connectivity index (χ3n) is 2.72. The Morgan fingerprint density at radius 3 is 2.00 bits per heavy atom. The van der Waals surface area contributed by atoms with Gasteiger partial charge in [-0.05, 0) is 12.8 Å². The van der Waals surface area contributed by atoms with E-state index >= 15 is 0 Å². The van der Waals surface area contributed by atoms with Gasteiger partial charge in [-0.15, -0.1) is 0 Å². The second kappa shape index (κ2) is 5.51. The first-order valence-corrected chi connectivity index (χ1v) is 4.64. The minimum Gasteiger partial charge on any atom is -0.396 e. The maximum atomic E-state index is 9.13. The van der Waals surface area contributed by atoms with Crippen LogP contribution in [0.15, 0.2) is 0 Å². The Hall–Kier alpha value is -0.120. The third-order valence-corrected chi connectivity index (χ3v) is 2.72. The summed E-state index contributed by atoms with van der Waals surface area (Å²) >= 11 is 0. The molecule has 0 aliphatic rings. The van der Waals surface area contributed by atoms with Crippen LogP contribution in [0.2, 0.25) is 0 Å². The highest BCUT2D eigenvalue weighted by atomic mass is 16.3. The Labute approximate surface area is 74.6 Å². The summed E-state index contributed by atoms with van der Waals surface area (Å²) in [5.74, 6) is 0. The monoisotopic (exact) mass is 175 g/mol. The molecule has 1 atom stereocenters. The molecule has 0 aliphatic carbocycles. The molecule has 0 aliphatic heterocycles. The Bertz CT molecular complexity index is 105. The van der Waals surface area contributed by atoms with Crippen LogP contribution in [0.5, 0.6) is 0 Å². The molecule has 0 rings (SSSR count). The van der Waals surface area contributed by atoms with Crippen LogP contribution in [-0.4, -0.2) is 29.5 Å². The van der Waals surface area contributed by atoms with Crippen LogP contribution < -0.4 is 5.73 Å². The smallest absolute Gasteiger partial charge is 0.0524 e.